The van der Waals surface area contributed by atoms with E-state index in [1.165, 1.54) is 12.3 Å². The molecule has 0 bridgehead atoms. The topological polar surface area (TPSA) is 106 Å². The van der Waals surface area contributed by atoms with E-state index in [2.05, 4.69) is 35.7 Å². The first-order valence-electron chi connectivity index (χ1n) is 8.03. The highest BCUT2D eigenvalue weighted by atomic mass is 19.1. The number of nitrogens with one attached hydrogen (secondary N) is 2. The number of benzene rings is 1. The summed E-state index contributed by atoms with van der Waals surface area (Å²) in [7, 11) is 0. The van der Waals surface area contributed by atoms with Gasteiger partial charge >= 0.3 is 6.01 Å². The second-order valence-corrected chi connectivity index (χ2v) is 5.79. The molecule has 3 heterocycles. The molecule has 27 heavy (non-hydrogen) atoms. The molecule has 0 aliphatic rings. The van der Waals surface area contributed by atoms with Crippen molar-refractivity contribution in [2.24, 2.45) is 0 Å². The lowest BCUT2D eigenvalue weighted by atomic mass is 10.3. The Bertz CT molecular complexity index is 1070. The maximum Gasteiger partial charge on any atom is 0.324 e. The van der Waals surface area contributed by atoms with E-state index in [0.717, 1.165) is 12.1 Å². The molecule has 2 N–H and O–H groups in total. The van der Waals surface area contributed by atoms with Gasteiger partial charge in [0.05, 0.1) is 24.3 Å². The van der Waals surface area contributed by atoms with Crippen LogP contribution in [0.25, 0.3) is 11.0 Å². The van der Waals surface area contributed by atoms with Crippen LogP contribution in [0.3, 0.4) is 0 Å². The number of hydrogen-bond donors (Lipinski definition) is 2. The van der Waals surface area contributed by atoms with Crippen molar-refractivity contribution in [3.05, 3.63) is 48.4 Å². The lowest BCUT2D eigenvalue weighted by Crippen LogP contribution is -2.23. The first-order chi connectivity index (χ1) is 13.1. The zero-order valence-electron chi connectivity index (χ0n) is 14.1. The number of aromatic nitrogens is 7. The normalized spacial score (nSPS) is 12.3. The maximum absolute atomic E-state index is 13.7. The highest BCUT2D eigenvalue weighted by molar-refractivity contribution is 5.86. The quantitative estimate of drug-likeness (QED) is 0.536. The van der Waals surface area contributed by atoms with Crippen molar-refractivity contribution in [1.29, 1.82) is 0 Å². The van der Waals surface area contributed by atoms with Crippen molar-refractivity contribution in [3.63, 3.8) is 0 Å². The largest absolute Gasteiger partial charge is 0.421 e. The van der Waals surface area contributed by atoms with Crippen molar-refractivity contribution in [1.82, 2.24) is 35.2 Å². The number of aromatic amines is 1. The summed E-state index contributed by atoms with van der Waals surface area (Å²) < 4.78 is 31.9. The Morgan fingerprint density at radius 3 is 2.85 bits per heavy atom. The summed E-state index contributed by atoms with van der Waals surface area (Å²) in [5.41, 5.74) is 0.412. The summed E-state index contributed by atoms with van der Waals surface area (Å²) in [5, 5.41) is 18.9. The molecule has 3 aromatic heterocycles. The third-order valence-corrected chi connectivity index (χ3v) is 3.68. The third kappa shape index (κ3) is 3.66. The van der Waals surface area contributed by atoms with Crippen LogP contribution in [0.4, 0.5) is 14.6 Å². The summed E-state index contributed by atoms with van der Waals surface area (Å²) in [5.74, 6) is -1.15. The minimum Gasteiger partial charge on any atom is -0.421 e. The van der Waals surface area contributed by atoms with Gasteiger partial charge in [0.25, 0.3) is 0 Å². The fourth-order valence-corrected chi connectivity index (χ4v) is 2.47. The first-order valence-corrected chi connectivity index (χ1v) is 8.03. The molecule has 138 valence electrons. The van der Waals surface area contributed by atoms with Crippen LogP contribution in [0.15, 0.2) is 36.8 Å². The number of anilines is 1. The Labute approximate surface area is 151 Å². The Morgan fingerprint density at radius 1 is 1.26 bits per heavy atom. The molecule has 1 atom stereocenters. The summed E-state index contributed by atoms with van der Waals surface area (Å²) in [4.78, 5) is 9.78. The number of fused-ring (bicyclic) bond motifs is 1. The summed E-state index contributed by atoms with van der Waals surface area (Å²) in [6.07, 6.45) is 4.72. The molecule has 0 aliphatic heterocycles. The van der Waals surface area contributed by atoms with Crippen LogP contribution in [0.2, 0.25) is 0 Å². The SMILES string of the molecule is C[C@@H](Cn1nccn1)Nc1n[nH]c2nc(Oc3ccc(F)cc3F)ncc12. The van der Waals surface area contributed by atoms with Gasteiger partial charge in [-0.2, -0.15) is 25.1 Å². The zero-order valence-corrected chi connectivity index (χ0v) is 14.1. The van der Waals surface area contributed by atoms with Crippen LogP contribution < -0.4 is 10.1 Å². The molecule has 1 aromatic carbocycles. The van der Waals surface area contributed by atoms with Gasteiger partial charge in [-0.15, -0.1) is 0 Å². The van der Waals surface area contributed by atoms with Crippen molar-refractivity contribution in [3.8, 4) is 11.8 Å². The molecule has 11 heteroatoms. The highest BCUT2D eigenvalue weighted by Crippen LogP contribution is 2.25. The monoisotopic (exact) mass is 372 g/mol. The van der Waals surface area contributed by atoms with Crippen LogP contribution in [0.1, 0.15) is 6.92 Å². The summed E-state index contributed by atoms with van der Waals surface area (Å²) in [6, 6.07) is 2.89. The van der Waals surface area contributed by atoms with Crippen molar-refractivity contribution in [2.75, 3.05) is 5.32 Å². The van der Waals surface area contributed by atoms with E-state index in [0.29, 0.717) is 23.4 Å². The van der Waals surface area contributed by atoms with Gasteiger partial charge in [-0.25, -0.2) is 13.8 Å². The molecule has 9 nitrogen and oxygen atoms in total. The van der Waals surface area contributed by atoms with E-state index < -0.39 is 11.6 Å². The van der Waals surface area contributed by atoms with E-state index in [1.54, 1.807) is 17.2 Å². The standard InChI is InChI=1S/C16H14F2N8O/c1-9(8-26-20-4-5-21-26)22-14-11-7-19-16(23-15(11)25-24-14)27-13-3-2-10(17)6-12(13)18/h2-7,9H,8H2,1H3,(H2,19,22,23,24,25)/t9-/m0/s1. The Hall–Kier alpha value is -3.63. The number of ether oxygens (including phenoxy) is 1. The molecular formula is C16H14F2N8O. The van der Waals surface area contributed by atoms with Gasteiger partial charge in [0.1, 0.15) is 5.82 Å². The molecule has 0 radical (unpaired) electrons. The summed E-state index contributed by atoms with van der Waals surface area (Å²) in [6.45, 7) is 2.51. The average molecular weight is 372 g/mol. The van der Waals surface area contributed by atoms with Gasteiger partial charge in [-0.3, -0.25) is 5.10 Å². The van der Waals surface area contributed by atoms with Crippen LogP contribution in [0.5, 0.6) is 11.8 Å². The number of rotatable bonds is 6. The van der Waals surface area contributed by atoms with Gasteiger partial charge in [0, 0.05) is 18.3 Å². The molecule has 4 rings (SSSR count). The molecule has 0 fully saturated rings. The Kier molecular flexibility index (Phi) is 4.32. The van der Waals surface area contributed by atoms with E-state index in [4.69, 9.17) is 4.74 Å². The molecule has 0 saturated carbocycles. The van der Waals surface area contributed by atoms with E-state index >= 15 is 0 Å². The Balaban J connectivity index is 1.51. The molecule has 0 aliphatic carbocycles. The van der Waals surface area contributed by atoms with Gasteiger partial charge in [-0.1, -0.05) is 0 Å². The molecular weight excluding hydrogens is 358 g/mol. The smallest absolute Gasteiger partial charge is 0.324 e. The van der Waals surface area contributed by atoms with E-state index in [1.807, 2.05) is 6.92 Å². The molecule has 0 amide bonds. The molecule has 0 unspecified atom stereocenters. The number of H-pyrrole nitrogens is 1. The van der Waals surface area contributed by atoms with Gasteiger partial charge in [0.2, 0.25) is 0 Å². The predicted molar refractivity (Wildman–Crippen MR) is 91.2 cm³/mol. The highest BCUT2D eigenvalue weighted by Gasteiger charge is 2.14. The second kappa shape index (κ2) is 6.94. The zero-order chi connectivity index (χ0) is 18.8. The Morgan fingerprint density at radius 2 is 2.07 bits per heavy atom. The third-order valence-electron chi connectivity index (χ3n) is 3.68. The van der Waals surface area contributed by atoms with Gasteiger partial charge in [-0.05, 0) is 19.1 Å². The van der Waals surface area contributed by atoms with Crippen LogP contribution in [0, 0.1) is 11.6 Å². The lowest BCUT2D eigenvalue weighted by molar-refractivity contribution is 0.409. The first kappa shape index (κ1) is 16.8. The molecule has 4 aromatic rings. The predicted octanol–water partition coefficient (Wildman–Crippen LogP) is 2.52. The van der Waals surface area contributed by atoms with Crippen LogP contribution >= 0.6 is 0 Å². The number of nitrogens with zero attached hydrogens (tertiary/aromatic N) is 6. The lowest BCUT2D eigenvalue weighted by Gasteiger charge is -2.12. The average Bonchev–Trinajstić information content (AvgIpc) is 3.27. The number of hydrogen-bond acceptors (Lipinski definition) is 7. The van der Waals surface area contributed by atoms with Crippen molar-refractivity contribution < 1.29 is 13.5 Å². The minimum atomic E-state index is -0.841. The fourth-order valence-electron chi connectivity index (χ4n) is 2.47. The van der Waals surface area contributed by atoms with Gasteiger partial charge in [0.15, 0.2) is 23.0 Å². The maximum atomic E-state index is 13.7. The minimum absolute atomic E-state index is 0.00635. The molecule has 0 saturated heterocycles. The van der Waals surface area contributed by atoms with Crippen molar-refractivity contribution in [2.45, 2.75) is 19.5 Å². The van der Waals surface area contributed by atoms with E-state index in [-0.39, 0.29) is 17.8 Å². The van der Waals surface area contributed by atoms with Crippen LogP contribution in [-0.4, -0.2) is 41.2 Å². The number of halogens is 2. The molecule has 0 spiro atoms. The fraction of sp³-hybridized carbons (Fsp3) is 0.188. The second-order valence-electron chi connectivity index (χ2n) is 5.79. The van der Waals surface area contributed by atoms with Crippen molar-refractivity contribution >= 4 is 16.9 Å². The van der Waals surface area contributed by atoms with E-state index in [9.17, 15) is 8.78 Å². The van der Waals surface area contributed by atoms with Crippen LogP contribution in [-0.2, 0) is 6.54 Å². The van der Waals surface area contributed by atoms with Gasteiger partial charge < -0.3 is 10.1 Å². The summed E-state index contributed by atoms with van der Waals surface area (Å²) >= 11 is 0.